The van der Waals surface area contributed by atoms with E-state index < -0.39 is 0 Å². The molecule has 1 fully saturated rings. The molecule has 2 aromatic heterocycles. The highest BCUT2D eigenvalue weighted by Crippen LogP contribution is 2.22. The average molecular weight is 371 g/mol. The molecule has 3 aromatic rings. The molecular weight excluding hydrogens is 350 g/mol. The Hall–Kier alpha value is -2.35. The van der Waals surface area contributed by atoms with E-state index in [2.05, 4.69) is 15.5 Å². The van der Waals surface area contributed by atoms with Crippen LogP contribution in [0.5, 0.6) is 0 Å². The van der Waals surface area contributed by atoms with Crippen LogP contribution in [0.25, 0.3) is 16.7 Å². The fraction of sp³-hybridized carbons (Fsp3) is 0.444. The first-order chi connectivity index (χ1) is 12.6. The van der Waals surface area contributed by atoms with Gasteiger partial charge in [0.2, 0.25) is 11.7 Å². The van der Waals surface area contributed by atoms with Gasteiger partial charge in [-0.25, -0.2) is 0 Å². The molecule has 0 saturated heterocycles. The van der Waals surface area contributed by atoms with E-state index in [-0.39, 0.29) is 17.2 Å². The molecule has 1 amide bonds. The van der Waals surface area contributed by atoms with Crippen molar-refractivity contribution in [3.05, 3.63) is 34.6 Å². The van der Waals surface area contributed by atoms with Crippen LogP contribution in [0.4, 0.5) is 0 Å². The number of benzene rings is 1. The number of carbonyl (C=O) groups excluding carboxylic acids is 1. The predicted octanol–water partition coefficient (Wildman–Crippen LogP) is 2.12. The van der Waals surface area contributed by atoms with Gasteiger partial charge < -0.3 is 5.32 Å². The molecule has 4 rings (SSSR count). The van der Waals surface area contributed by atoms with Crippen LogP contribution in [0.1, 0.15) is 32.1 Å². The van der Waals surface area contributed by atoms with E-state index in [0.717, 1.165) is 18.4 Å². The van der Waals surface area contributed by atoms with Gasteiger partial charge in [-0.3, -0.25) is 18.6 Å². The molecule has 26 heavy (non-hydrogen) atoms. The number of hydrogen-bond donors (Lipinski definition) is 1. The maximum atomic E-state index is 12.4. The van der Waals surface area contributed by atoms with Gasteiger partial charge in [-0.15, -0.1) is 10.2 Å². The number of aromatic nitrogens is 4. The minimum Gasteiger partial charge on any atom is -0.353 e. The van der Waals surface area contributed by atoms with Crippen LogP contribution in [0.3, 0.4) is 0 Å². The molecule has 0 spiro atoms. The summed E-state index contributed by atoms with van der Waals surface area (Å²) in [6.07, 6.45) is 5.77. The Morgan fingerprint density at radius 1 is 1.23 bits per heavy atom. The average Bonchev–Trinajstić information content (AvgIpc) is 3.09. The topological polar surface area (TPSA) is 81.3 Å². The summed E-state index contributed by atoms with van der Waals surface area (Å²) < 4.78 is 3.33. The summed E-state index contributed by atoms with van der Waals surface area (Å²) in [5.41, 5.74) is 0.651. The molecule has 7 nitrogen and oxygen atoms in total. The quantitative estimate of drug-likeness (QED) is 0.711. The van der Waals surface area contributed by atoms with Crippen LogP contribution in [0.15, 0.2) is 34.2 Å². The van der Waals surface area contributed by atoms with Gasteiger partial charge >= 0.3 is 0 Å². The normalized spacial score (nSPS) is 15.6. The number of hydrogen-bond acceptors (Lipinski definition) is 5. The molecule has 2 heterocycles. The number of para-hydroxylation sites is 1. The number of aryl methyl sites for hydroxylation is 1. The van der Waals surface area contributed by atoms with Crippen LogP contribution in [0, 0.1) is 0 Å². The highest BCUT2D eigenvalue weighted by molar-refractivity contribution is 7.99. The van der Waals surface area contributed by atoms with Gasteiger partial charge in [0.1, 0.15) is 0 Å². The minimum atomic E-state index is -0.105. The monoisotopic (exact) mass is 371 g/mol. The number of nitrogens with one attached hydrogen (secondary N) is 1. The molecule has 0 bridgehead atoms. The summed E-state index contributed by atoms with van der Waals surface area (Å²) in [5.74, 6) is 0.783. The molecule has 1 aromatic carbocycles. The SMILES string of the molecule is Cn1c(=O)c2ccccc2n2c(SCC(=O)NC3CCCCC3)nnc12. The number of fused-ring (bicyclic) bond motifs is 3. The molecule has 0 unspecified atom stereocenters. The third kappa shape index (κ3) is 3.09. The molecule has 0 aliphatic heterocycles. The number of nitrogens with zero attached hydrogens (tertiary/aromatic N) is 4. The molecule has 0 atom stereocenters. The molecular formula is C18H21N5O2S. The zero-order chi connectivity index (χ0) is 18.1. The molecule has 0 radical (unpaired) electrons. The van der Waals surface area contributed by atoms with E-state index in [0.29, 0.717) is 22.4 Å². The van der Waals surface area contributed by atoms with Gasteiger partial charge in [-0.1, -0.05) is 43.2 Å². The lowest BCUT2D eigenvalue weighted by Crippen LogP contribution is -2.37. The Labute approximate surface area is 154 Å². The Kier molecular flexibility index (Phi) is 4.67. The third-order valence-corrected chi connectivity index (χ3v) is 5.83. The predicted molar refractivity (Wildman–Crippen MR) is 101 cm³/mol. The molecule has 1 aliphatic rings. The first-order valence-corrected chi connectivity index (χ1v) is 9.89. The van der Waals surface area contributed by atoms with Crippen LogP contribution in [-0.2, 0) is 11.8 Å². The van der Waals surface area contributed by atoms with Gasteiger partial charge in [0.15, 0.2) is 5.16 Å². The van der Waals surface area contributed by atoms with Crippen molar-refractivity contribution in [2.75, 3.05) is 5.75 Å². The van der Waals surface area contributed by atoms with Crippen LogP contribution >= 0.6 is 11.8 Å². The van der Waals surface area contributed by atoms with Crippen molar-refractivity contribution in [2.24, 2.45) is 7.05 Å². The Bertz CT molecular complexity index is 1020. The lowest BCUT2D eigenvalue weighted by molar-refractivity contribution is -0.119. The molecule has 136 valence electrons. The second-order valence-electron chi connectivity index (χ2n) is 6.69. The maximum Gasteiger partial charge on any atom is 0.262 e. The van der Waals surface area contributed by atoms with Gasteiger partial charge in [0.05, 0.1) is 16.7 Å². The highest BCUT2D eigenvalue weighted by Gasteiger charge is 2.18. The van der Waals surface area contributed by atoms with Gasteiger partial charge in [-0.2, -0.15) is 0 Å². The van der Waals surface area contributed by atoms with Crippen molar-refractivity contribution < 1.29 is 4.79 Å². The summed E-state index contributed by atoms with van der Waals surface area (Å²) >= 11 is 1.34. The first-order valence-electron chi connectivity index (χ1n) is 8.90. The van der Waals surface area contributed by atoms with Crippen molar-refractivity contribution in [2.45, 2.75) is 43.3 Å². The van der Waals surface area contributed by atoms with Gasteiger partial charge in [0, 0.05) is 13.1 Å². The second-order valence-corrected chi connectivity index (χ2v) is 7.63. The van der Waals surface area contributed by atoms with E-state index in [4.69, 9.17) is 0 Å². The second kappa shape index (κ2) is 7.11. The Balaban J connectivity index is 1.59. The fourth-order valence-electron chi connectivity index (χ4n) is 3.55. The Morgan fingerprint density at radius 2 is 2.00 bits per heavy atom. The van der Waals surface area contributed by atoms with Crippen LogP contribution < -0.4 is 10.9 Å². The van der Waals surface area contributed by atoms with E-state index in [9.17, 15) is 9.59 Å². The lowest BCUT2D eigenvalue weighted by Gasteiger charge is -2.22. The van der Waals surface area contributed by atoms with E-state index in [1.54, 1.807) is 13.1 Å². The molecule has 1 N–H and O–H groups in total. The van der Waals surface area contributed by atoms with Gasteiger partial charge in [0.25, 0.3) is 5.56 Å². The maximum absolute atomic E-state index is 12.4. The smallest absolute Gasteiger partial charge is 0.262 e. The fourth-order valence-corrected chi connectivity index (χ4v) is 4.30. The zero-order valence-corrected chi connectivity index (χ0v) is 15.5. The number of carbonyl (C=O) groups is 1. The molecule has 1 saturated carbocycles. The van der Waals surface area contributed by atoms with Crippen molar-refractivity contribution >= 4 is 34.3 Å². The highest BCUT2D eigenvalue weighted by atomic mass is 32.2. The van der Waals surface area contributed by atoms with Crippen molar-refractivity contribution in [1.29, 1.82) is 0 Å². The first kappa shape index (κ1) is 17.1. The van der Waals surface area contributed by atoms with E-state index in [1.165, 1.54) is 35.6 Å². The van der Waals surface area contributed by atoms with Gasteiger partial charge in [-0.05, 0) is 25.0 Å². The number of rotatable bonds is 4. The third-order valence-electron chi connectivity index (χ3n) is 4.90. The number of thioether (sulfide) groups is 1. The summed E-state index contributed by atoms with van der Waals surface area (Å²) in [5, 5.41) is 12.7. The lowest BCUT2D eigenvalue weighted by atomic mass is 9.95. The Morgan fingerprint density at radius 3 is 2.81 bits per heavy atom. The summed E-state index contributed by atoms with van der Waals surface area (Å²) in [7, 11) is 1.68. The standard InChI is InChI=1S/C18H21N5O2S/c1-22-16(25)13-9-5-6-10-14(13)23-17(22)20-21-18(23)26-11-15(24)19-12-7-3-2-4-8-12/h5-6,9-10,12H,2-4,7-8,11H2,1H3,(H,19,24). The van der Waals surface area contributed by atoms with Crippen molar-refractivity contribution in [3.8, 4) is 0 Å². The van der Waals surface area contributed by atoms with E-state index >= 15 is 0 Å². The van der Waals surface area contributed by atoms with E-state index in [1.807, 2.05) is 22.6 Å². The molecule has 1 aliphatic carbocycles. The van der Waals surface area contributed by atoms with Crippen molar-refractivity contribution in [1.82, 2.24) is 24.5 Å². The summed E-state index contributed by atoms with van der Waals surface area (Å²) in [4.78, 5) is 24.7. The molecule has 8 heteroatoms. The zero-order valence-electron chi connectivity index (χ0n) is 14.6. The summed E-state index contributed by atoms with van der Waals surface area (Å²) in [6, 6.07) is 7.68. The van der Waals surface area contributed by atoms with Crippen LogP contribution in [0.2, 0.25) is 0 Å². The summed E-state index contributed by atoms with van der Waals surface area (Å²) in [6.45, 7) is 0. The van der Waals surface area contributed by atoms with Crippen molar-refractivity contribution in [3.63, 3.8) is 0 Å². The number of amides is 1. The van der Waals surface area contributed by atoms with Crippen LogP contribution in [-0.4, -0.2) is 36.9 Å². The minimum absolute atomic E-state index is 0.0211. The largest absolute Gasteiger partial charge is 0.353 e.